The molecular formula is C18H16N2O6. The van der Waals surface area contributed by atoms with E-state index in [1.54, 1.807) is 6.92 Å². The summed E-state index contributed by atoms with van der Waals surface area (Å²) in [6.45, 7) is 2.94. The summed E-state index contributed by atoms with van der Waals surface area (Å²) in [5.74, 6) is -1.43. The van der Waals surface area contributed by atoms with Gasteiger partial charge in [0.05, 0.1) is 19.8 Å². The van der Waals surface area contributed by atoms with Crippen molar-refractivity contribution in [3.8, 4) is 17.2 Å². The molecule has 0 aliphatic heterocycles. The minimum atomic E-state index is -0.666. The lowest BCUT2D eigenvalue weighted by atomic mass is 10.0. The summed E-state index contributed by atoms with van der Waals surface area (Å²) in [5.41, 5.74) is 0.808. The van der Waals surface area contributed by atoms with Crippen molar-refractivity contribution in [3.05, 3.63) is 28.8 Å². The maximum absolute atomic E-state index is 12.1. The van der Waals surface area contributed by atoms with Gasteiger partial charge in [-0.1, -0.05) is 0 Å². The first-order chi connectivity index (χ1) is 12.3. The van der Waals surface area contributed by atoms with Crippen molar-refractivity contribution in [3.63, 3.8) is 0 Å². The number of esters is 1. The van der Waals surface area contributed by atoms with Gasteiger partial charge >= 0.3 is 5.97 Å². The second kappa shape index (κ2) is 6.14. The molecule has 26 heavy (non-hydrogen) atoms. The molecule has 0 atom stereocenters. The minimum Gasteiger partial charge on any atom is -0.505 e. The number of aryl methyl sites for hydroxylation is 1. The van der Waals surface area contributed by atoms with Crippen LogP contribution in [0, 0.1) is 6.92 Å². The van der Waals surface area contributed by atoms with Crippen molar-refractivity contribution < 1.29 is 29.3 Å². The summed E-state index contributed by atoms with van der Waals surface area (Å²) in [6, 6.07) is 2.78. The van der Waals surface area contributed by atoms with Crippen molar-refractivity contribution in [2.45, 2.75) is 13.8 Å². The molecule has 134 valence electrons. The second-order valence-electron chi connectivity index (χ2n) is 5.73. The Kier molecular flexibility index (Phi) is 4.11. The Balaban J connectivity index is 2.58. The Hall–Kier alpha value is -3.42. The van der Waals surface area contributed by atoms with Crippen LogP contribution in [-0.4, -0.2) is 46.2 Å². The molecule has 0 amide bonds. The lowest BCUT2D eigenvalue weighted by Crippen LogP contribution is -2.06. The van der Waals surface area contributed by atoms with Crippen LogP contribution in [0.25, 0.3) is 22.1 Å². The van der Waals surface area contributed by atoms with Gasteiger partial charge in [0, 0.05) is 5.56 Å². The molecule has 0 unspecified atom stereocenters. The Bertz CT molecular complexity index is 1090. The summed E-state index contributed by atoms with van der Waals surface area (Å²) >= 11 is 0. The highest BCUT2D eigenvalue weighted by Crippen LogP contribution is 2.38. The number of ether oxygens (including phenoxy) is 2. The number of ketones is 1. The summed E-state index contributed by atoms with van der Waals surface area (Å²) in [5, 5.41) is 20.8. The van der Waals surface area contributed by atoms with E-state index in [1.165, 1.54) is 33.3 Å². The third-order valence-corrected chi connectivity index (χ3v) is 4.10. The zero-order valence-corrected chi connectivity index (χ0v) is 14.6. The second-order valence-corrected chi connectivity index (χ2v) is 5.73. The Labute approximate surface area is 148 Å². The molecule has 0 bridgehead atoms. The molecule has 0 fully saturated rings. The summed E-state index contributed by atoms with van der Waals surface area (Å²) < 4.78 is 9.85. The third kappa shape index (κ3) is 2.46. The van der Waals surface area contributed by atoms with E-state index >= 15 is 0 Å². The SMILES string of the molecule is COC(=O)c1cc(C)c(O)c2nc3c(C(C)=O)cc(OC)c(O)c3nc12. The predicted molar refractivity (Wildman–Crippen MR) is 93.0 cm³/mol. The third-order valence-electron chi connectivity index (χ3n) is 4.10. The van der Waals surface area contributed by atoms with Gasteiger partial charge in [-0.05, 0) is 31.5 Å². The van der Waals surface area contributed by atoms with E-state index in [0.29, 0.717) is 5.56 Å². The van der Waals surface area contributed by atoms with E-state index in [0.717, 1.165) is 0 Å². The number of hydrogen-bond donors (Lipinski definition) is 2. The van der Waals surface area contributed by atoms with E-state index < -0.39 is 5.97 Å². The van der Waals surface area contributed by atoms with E-state index in [4.69, 9.17) is 9.47 Å². The fourth-order valence-electron chi connectivity index (χ4n) is 2.76. The van der Waals surface area contributed by atoms with Crippen molar-refractivity contribution in [1.29, 1.82) is 0 Å². The molecule has 2 aromatic carbocycles. The van der Waals surface area contributed by atoms with E-state index in [2.05, 4.69) is 9.97 Å². The van der Waals surface area contributed by atoms with Gasteiger partial charge < -0.3 is 19.7 Å². The lowest BCUT2D eigenvalue weighted by molar-refractivity contribution is 0.0602. The number of aromatic hydroxyl groups is 2. The standard InChI is InChI=1S/C18H16N2O6/c1-7-5-10(18(24)26-4)13-14(16(7)22)19-12-9(8(2)21)6-11(25-3)17(23)15(12)20-13/h5-6,22-23H,1-4H3. The molecule has 1 heterocycles. The van der Waals surface area contributed by atoms with Gasteiger partial charge in [-0.15, -0.1) is 0 Å². The number of carbonyl (C=O) groups excluding carboxylic acids is 2. The minimum absolute atomic E-state index is 0.0181. The Morgan fingerprint density at radius 2 is 1.50 bits per heavy atom. The van der Waals surface area contributed by atoms with Crippen molar-refractivity contribution in [2.75, 3.05) is 14.2 Å². The average molecular weight is 356 g/mol. The summed E-state index contributed by atoms with van der Waals surface area (Å²) in [6.07, 6.45) is 0. The first kappa shape index (κ1) is 17.4. The predicted octanol–water partition coefficient (Wildman–Crippen LogP) is 2.50. The molecule has 0 aliphatic carbocycles. The number of phenolic OH excluding ortho intramolecular Hbond substituents is 2. The number of Topliss-reactive ketones (excluding diaryl/α,β-unsaturated/α-hetero) is 1. The molecule has 0 radical (unpaired) electrons. The van der Waals surface area contributed by atoms with Crippen LogP contribution >= 0.6 is 0 Å². The van der Waals surface area contributed by atoms with Gasteiger partial charge in [-0.3, -0.25) is 4.79 Å². The van der Waals surface area contributed by atoms with Crippen molar-refractivity contribution >= 4 is 33.8 Å². The van der Waals surface area contributed by atoms with Crippen molar-refractivity contribution in [1.82, 2.24) is 9.97 Å². The summed E-state index contributed by atoms with van der Waals surface area (Å²) in [7, 11) is 2.56. The fourth-order valence-corrected chi connectivity index (χ4v) is 2.76. The van der Waals surface area contributed by atoms with Gasteiger partial charge in [0.25, 0.3) is 0 Å². The molecule has 8 nitrogen and oxygen atoms in total. The van der Waals surface area contributed by atoms with Crippen LogP contribution in [0.5, 0.6) is 17.2 Å². The van der Waals surface area contributed by atoms with E-state index in [-0.39, 0.29) is 56.2 Å². The van der Waals surface area contributed by atoms with Gasteiger partial charge in [0.15, 0.2) is 17.3 Å². The number of nitrogens with zero attached hydrogens (tertiary/aromatic N) is 2. The first-order valence-corrected chi connectivity index (χ1v) is 7.63. The molecule has 0 spiro atoms. The van der Waals surface area contributed by atoms with Crippen LogP contribution in [0.3, 0.4) is 0 Å². The maximum atomic E-state index is 12.1. The quantitative estimate of drug-likeness (QED) is 0.417. The maximum Gasteiger partial charge on any atom is 0.340 e. The first-order valence-electron chi connectivity index (χ1n) is 7.63. The van der Waals surface area contributed by atoms with Crippen LogP contribution in [-0.2, 0) is 4.74 Å². The van der Waals surface area contributed by atoms with E-state index in [9.17, 15) is 19.8 Å². The highest BCUT2D eigenvalue weighted by Gasteiger charge is 2.23. The van der Waals surface area contributed by atoms with Crippen LogP contribution in [0.1, 0.15) is 33.2 Å². The number of benzene rings is 2. The van der Waals surface area contributed by atoms with Crippen molar-refractivity contribution in [2.24, 2.45) is 0 Å². The zero-order valence-electron chi connectivity index (χ0n) is 14.6. The van der Waals surface area contributed by atoms with Crippen LogP contribution in [0.15, 0.2) is 12.1 Å². The molecule has 0 saturated carbocycles. The average Bonchev–Trinajstić information content (AvgIpc) is 2.63. The van der Waals surface area contributed by atoms with Gasteiger partial charge in [-0.25, -0.2) is 14.8 Å². The summed E-state index contributed by atoms with van der Waals surface area (Å²) in [4.78, 5) is 32.7. The molecule has 0 aliphatic rings. The Morgan fingerprint density at radius 1 is 0.923 bits per heavy atom. The molecule has 3 aromatic rings. The van der Waals surface area contributed by atoms with Crippen LogP contribution < -0.4 is 4.74 Å². The molecule has 2 N–H and O–H groups in total. The van der Waals surface area contributed by atoms with Gasteiger partial charge in [0.2, 0.25) is 0 Å². The monoisotopic (exact) mass is 356 g/mol. The largest absolute Gasteiger partial charge is 0.505 e. The topological polar surface area (TPSA) is 119 Å². The van der Waals surface area contributed by atoms with Gasteiger partial charge in [-0.2, -0.15) is 0 Å². The lowest BCUT2D eigenvalue weighted by Gasteiger charge is -2.13. The number of aromatic nitrogens is 2. The van der Waals surface area contributed by atoms with Crippen LogP contribution in [0.2, 0.25) is 0 Å². The number of fused-ring (bicyclic) bond motifs is 2. The molecule has 3 rings (SSSR count). The molecular weight excluding hydrogens is 340 g/mol. The van der Waals surface area contributed by atoms with Gasteiger partial charge in [0.1, 0.15) is 27.8 Å². The highest BCUT2D eigenvalue weighted by molar-refractivity contribution is 6.11. The zero-order chi connectivity index (χ0) is 19.2. The molecule has 8 heteroatoms. The fraction of sp³-hybridized carbons (Fsp3) is 0.222. The highest BCUT2D eigenvalue weighted by atomic mass is 16.5. The Morgan fingerprint density at radius 3 is 2.04 bits per heavy atom. The smallest absolute Gasteiger partial charge is 0.340 e. The van der Waals surface area contributed by atoms with E-state index in [1.807, 2.05) is 0 Å². The molecule has 1 aromatic heterocycles. The number of methoxy groups -OCH3 is 2. The number of carbonyl (C=O) groups is 2. The van der Waals surface area contributed by atoms with Crippen LogP contribution in [0.4, 0.5) is 0 Å². The normalized spacial score (nSPS) is 10.9. The number of hydrogen-bond acceptors (Lipinski definition) is 8. The molecule has 0 saturated heterocycles. The number of phenols is 2. The number of rotatable bonds is 3.